The van der Waals surface area contributed by atoms with Crippen molar-refractivity contribution < 1.29 is 9.50 Å². The van der Waals surface area contributed by atoms with Gasteiger partial charge in [-0.15, -0.1) is 0 Å². The summed E-state index contributed by atoms with van der Waals surface area (Å²) in [6, 6.07) is 5.52. The standard InChI is InChI=1S/C26H32FN6O4/c1-3-31-22-11-10-18(15-19(22)25(35)32(4-2)26(31)36)30-33(37)23-7-5-6-21(23)29-24(34)17-9-8-16(12-13-28)20(27)14-17/h8-9,14-15,21,23-24,29-30,34H,3-7,10-11,28H2,1-2H3/q-1/t21-,23+,24?/m0/s1. The number of halogens is 1. The highest BCUT2D eigenvalue weighted by Crippen LogP contribution is 2.27. The third-order valence-corrected chi connectivity index (χ3v) is 7.08. The molecule has 11 heteroatoms. The van der Waals surface area contributed by atoms with Crippen LogP contribution in [-0.4, -0.2) is 31.5 Å². The molecule has 198 valence electrons. The van der Waals surface area contributed by atoms with Crippen molar-refractivity contribution in [3.8, 4) is 12.0 Å². The topological polar surface area (TPSA) is 141 Å². The van der Waals surface area contributed by atoms with E-state index >= 15 is 0 Å². The van der Waals surface area contributed by atoms with E-state index in [0.717, 1.165) is 11.6 Å². The fourth-order valence-electron chi connectivity index (χ4n) is 5.19. The van der Waals surface area contributed by atoms with Gasteiger partial charge in [0.15, 0.2) is 0 Å². The number of allylic oxidation sites excluding steroid dienone is 1. The lowest BCUT2D eigenvalue weighted by Gasteiger charge is -2.41. The van der Waals surface area contributed by atoms with E-state index in [-0.39, 0.29) is 29.4 Å². The molecular weight excluding hydrogens is 479 g/mol. The Bertz CT molecular complexity index is 1370. The molecule has 4 rings (SSSR count). The fourth-order valence-corrected chi connectivity index (χ4v) is 5.19. The average molecular weight is 512 g/mol. The number of aliphatic hydroxyl groups is 1. The lowest BCUT2D eigenvalue weighted by Crippen LogP contribution is -2.50. The lowest BCUT2D eigenvalue weighted by atomic mass is 10.0. The molecule has 3 atom stereocenters. The maximum atomic E-state index is 14.2. The number of rotatable bonds is 8. The molecule has 2 aliphatic rings. The summed E-state index contributed by atoms with van der Waals surface area (Å²) in [7, 11) is 0. The number of hydrazine groups is 1. The summed E-state index contributed by atoms with van der Waals surface area (Å²) in [5.74, 6) is 1.86. The summed E-state index contributed by atoms with van der Waals surface area (Å²) in [5.41, 5.74) is 9.51. The quantitative estimate of drug-likeness (QED) is 0.180. The number of hydrogen-bond donors (Lipinski definition) is 4. The molecule has 37 heavy (non-hydrogen) atoms. The molecule has 2 aromatic rings. The van der Waals surface area contributed by atoms with Crippen molar-refractivity contribution in [2.45, 2.75) is 77.4 Å². The van der Waals surface area contributed by atoms with Crippen molar-refractivity contribution in [1.29, 1.82) is 0 Å². The maximum absolute atomic E-state index is 14.2. The minimum Gasteiger partial charge on any atom is -0.767 e. The van der Waals surface area contributed by atoms with Gasteiger partial charge >= 0.3 is 5.69 Å². The van der Waals surface area contributed by atoms with E-state index in [1.807, 2.05) is 6.92 Å². The molecule has 5 N–H and O–H groups in total. The smallest absolute Gasteiger partial charge is 0.331 e. The summed E-state index contributed by atoms with van der Waals surface area (Å²) < 4.78 is 17.0. The summed E-state index contributed by atoms with van der Waals surface area (Å²) in [6.45, 7) is 4.33. The number of nitrogens with two attached hydrogens (primary N) is 1. The maximum Gasteiger partial charge on any atom is 0.331 e. The first-order chi connectivity index (χ1) is 17.8. The number of benzene rings is 1. The minimum absolute atomic E-state index is 0.135. The molecule has 1 heterocycles. The molecule has 1 aromatic carbocycles. The second-order valence-corrected chi connectivity index (χ2v) is 9.23. The zero-order valence-electron chi connectivity index (χ0n) is 21.0. The fraction of sp³-hybridized carbons (Fsp3) is 0.462. The van der Waals surface area contributed by atoms with Crippen LogP contribution in [0, 0.1) is 23.0 Å². The summed E-state index contributed by atoms with van der Waals surface area (Å²) in [6.07, 6.45) is 3.46. The van der Waals surface area contributed by atoms with Gasteiger partial charge in [0.25, 0.3) is 5.56 Å². The highest BCUT2D eigenvalue weighted by Gasteiger charge is 2.31. The zero-order valence-corrected chi connectivity index (χ0v) is 21.0. The van der Waals surface area contributed by atoms with Crippen LogP contribution in [0.3, 0.4) is 0 Å². The monoisotopic (exact) mass is 511 g/mol. The molecular formula is C26H32FN6O4-. The van der Waals surface area contributed by atoms with Gasteiger partial charge in [0.05, 0.1) is 11.1 Å². The molecule has 1 aromatic heterocycles. The molecule has 0 bridgehead atoms. The van der Waals surface area contributed by atoms with Crippen molar-refractivity contribution in [2.75, 3.05) is 0 Å². The Morgan fingerprint density at radius 1 is 1.24 bits per heavy atom. The van der Waals surface area contributed by atoms with Crippen LogP contribution in [0.5, 0.6) is 0 Å². The second-order valence-electron chi connectivity index (χ2n) is 9.23. The Hall–Kier alpha value is -3.43. The number of nitrogens with one attached hydrogen (secondary N) is 2. The van der Waals surface area contributed by atoms with Crippen LogP contribution in [-0.2, 0) is 19.5 Å². The Morgan fingerprint density at radius 2 is 2.00 bits per heavy atom. The van der Waals surface area contributed by atoms with Crippen LogP contribution in [0.25, 0.3) is 6.08 Å². The third kappa shape index (κ3) is 5.33. The predicted molar refractivity (Wildman–Crippen MR) is 138 cm³/mol. The molecule has 0 saturated heterocycles. The molecule has 0 radical (unpaired) electrons. The number of hydrogen-bond acceptors (Lipinski definition) is 8. The highest BCUT2D eigenvalue weighted by atomic mass is 19.1. The van der Waals surface area contributed by atoms with E-state index < -0.39 is 18.1 Å². The van der Waals surface area contributed by atoms with Gasteiger partial charge in [0.2, 0.25) is 0 Å². The normalized spacial score (nSPS) is 19.7. The van der Waals surface area contributed by atoms with Gasteiger partial charge in [-0.1, -0.05) is 12.5 Å². The van der Waals surface area contributed by atoms with E-state index in [9.17, 15) is 24.3 Å². The lowest BCUT2D eigenvalue weighted by molar-refractivity contribution is 0.0965. The minimum atomic E-state index is -1.17. The third-order valence-electron chi connectivity index (χ3n) is 7.08. The van der Waals surface area contributed by atoms with E-state index in [2.05, 4.69) is 22.7 Å². The van der Waals surface area contributed by atoms with Gasteiger partial charge in [-0.25, -0.2) is 9.18 Å². The van der Waals surface area contributed by atoms with E-state index in [4.69, 9.17) is 5.73 Å². The molecule has 10 nitrogen and oxygen atoms in total. The summed E-state index contributed by atoms with van der Waals surface area (Å²) in [5, 5.41) is 27.6. The van der Waals surface area contributed by atoms with Gasteiger partial charge < -0.3 is 21.5 Å². The number of aliphatic hydroxyl groups excluding tert-OH is 1. The first-order valence-corrected chi connectivity index (χ1v) is 12.5. The zero-order chi connectivity index (χ0) is 26.7. The largest absolute Gasteiger partial charge is 0.767 e. The summed E-state index contributed by atoms with van der Waals surface area (Å²) in [4.78, 5) is 25.5. The predicted octanol–water partition coefficient (Wildman–Crippen LogP) is 1.25. The Labute approximate surface area is 214 Å². The number of fused-ring (bicyclic) bond motifs is 1. The molecule has 1 fully saturated rings. The molecule has 2 aliphatic carbocycles. The van der Waals surface area contributed by atoms with Gasteiger partial charge in [0, 0.05) is 42.6 Å². The van der Waals surface area contributed by atoms with Crippen LogP contribution in [0.15, 0.2) is 33.5 Å². The average Bonchev–Trinajstić information content (AvgIpc) is 3.34. The van der Waals surface area contributed by atoms with E-state index in [1.165, 1.54) is 16.7 Å². The first kappa shape index (κ1) is 26.6. The van der Waals surface area contributed by atoms with Crippen molar-refractivity contribution >= 4 is 6.08 Å². The van der Waals surface area contributed by atoms with Gasteiger partial charge in [-0.2, -0.15) is 0 Å². The van der Waals surface area contributed by atoms with Crippen molar-refractivity contribution in [3.05, 3.63) is 78.1 Å². The van der Waals surface area contributed by atoms with Crippen LogP contribution in [0.1, 0.15) is 68.1 Å². The highest BCUT2D eigenvalue weighted by molar-refractivity contribution is 5.56. The van der Waals surface area contributed by atoms with Crippen LogP contribution >= 0.6 is 0 Å². The Kier molecular flexibility index (Phi) is 8.14. The molecule has 0 aliphatic heterocycles. The van der Waals surface area contributed by atoms with Crippen LogP contribution in [0.4, 0.5) is 4.39 Å². The molecule has 1 saturated carbocycles. The van der Waals surface area contributed by atoms with E-state index in [1.54, 1.807) is 23.6 Å². The second kappa shape index (κ2) is 11.3. The van der Waals surface area contributed by atoms with E-state index in [0.29, 0.717) is 54.7 Å². The molecule has 0 amide bonds. The van der Waals surface area contributed by atoms with Gasteiger partial charge in [0.1, 0.15) is 12.0 Å². The number of nitrogens with zero attached hydrogens (tertiary/aromatic N) is 3. The van der Waals surface area contributed by atoms with Crippen molar-refractivity contribution in [2.24, 2.45) is 5.73 Å². The Morgan fingerprint density at radius 3 is 2.68 bits per heavy atom. The first-order valence-electron chi connectivity index (χ1n) is 12.5. The van der Waals surface area contributed by atoms with Crippen LogP contribution < -0.4 is 27.7 Å². The SMILES string of the molecule is CCn1c2c(c(=O)n(CC)c1=O)C=C(NN([O-])[C@@H]1CCC[C@@H]1NC(O)c1ccc(C#CN)c(F)c1)CC2. The van der Waals surface area contributed by atoms with Crippen molar-refractivity contribution in [1.82, 2.24) is 25.0 Å². The van der Waals surface area contributed by atoms with Gasteiger partial charge in [-0.3, -0.25) is 24.4 Å². The van der Waals surface area contributed by atoms with Crippen molar-refractivity contribution in [3.63, 3.8) is 0 Å². The molecule has 0 spiro atoms. The summed E-state index contributed by atoms with van der Waals surface area (Å²) >= 11 is 0. The van der Waals surface area contributed by atoms with Gasteiger partial charge in [-0.05, 0) is 69.2 Å². The number of aromatic nitrogens is 2. The Balaban J connectivity index is 1.49. The molecule has 1 unspecified atom stereocenters. The number of hydroxylamine groups is 1. The van der Waals surface area contributed by atoms with Crippen LogP contribution in [0.2, 0.25) is 0 Å².